The molecule has 2 saturated heterocycles. The number of hydrogen-bond acceptors (Lipinski definition) is 7. The minimum Gasteiger partial charge on any atom is -0.361 e. The number of nitrogens with one attached hydrogen (secondary N) is 6. The maximum absolute atomic E-state index is 14.3. The van der Waals surface area contributed by atoms with Crippen LogP contribution in [0.5, 0.6) is 0 Å². The molecular weight excluding hydrogens is 676 g/mol. The molecule has 14 nitrogen and oxygen atoms in total. The average Bonchev–Trinajstić information content (AvgIpc) is 3.76. The standard InChI is InChI=1S/C39H60N8O6/c1-22(2)18-29-34(48)44-30(19-23(3)4)36(50)46-33(24(5)6)38(52)42-28(14-9-10-16-40)39(53)47-17-11-15-32(47)37(51)45-31(35(49)43-29)20-25-21-41-27-13-8-7-12-26(25)27/h7-8,12-13,21-24,28-33,41H,9-11,14-20,40H2,1-6H3,(H,42,52)(H,43,49)(H,44,48)(H,45,51)(H,46,50)/t28-,29-,30+,31-,32+,33-/m0/s1. The van der Waals surface area contributed by atoms with Crippen LogP contribution in [0.15, 0.2) is 30.5 Å². The molecule has 14 heteroatoms. The third-order valence-corrected chi connectivity index (χ3v) is 10.1. The van der Waals surface area contributed by atoms with Gasteiger partial charge in [-0.25, -0.2) is 0 Å². The minimum atomic E-state index is -1.10. The Morgan fingerprint density at radius 3 is 1.92 bits per heavy atom. The van der Waals surface area contributed by atoms with Crippen LogP contribution in [0.2, 0.25) is 0 Å². The lowest BCUT2D eigenvalue weighted by Gasteiger charge is -2.32. The van der Waals surface area contributed by atoms with Crippen molar-refractivity contribution in [3.05, 3.63) is 36.0 Å². The number of carbonyl (C=O) groups is 6. The Labute approximate surface area is 312 Å². The van der Waals surface area contributed by atoms with Gasteiger partial charge in [0.2, 0.25) is 35.4 Å². The maximum atomic E-state index is 14.3. The summed E-state index contributed by atoms with van der Waals surface area (Å²) in [6.45, 7) is 12.0. The number of para-hydroxylation sites is 1. The molecule has 1 aromatic carbocycles. The monoisotopic (exact) mass is 736 g/mol. The summed E-state index contributed by atoms with van der Waals surface area (Å²) in [4.78, 5) is 89.1. The molecule has 2 aliphatic heterocycles. The van der Waals surface area contributed by atoms with Gasteiger partial charge in [-0.15, -0.1) is 0 Å². The molecule has 0 spiro atoms. The van der Waals surface area contributed by atoms with Crippen molar-refractivity contribution >= 4 is 46.3 Å². The molecule has 2 aromatic rings. The van der Waals surface area contributed by atoms with Gasteiger partial charge >= 0.3 is 0 Å². The Bertz CT molecular complexity index is 1600. The van der Waals surface area contributed by atoms with Crippen molar-refractivity contribution in [3.8, 4) is 0 Å². The van der Waals surface area contributed by atoms with E-state index in [0.29, 0.717) is 45.2 Å². The van der Waals surface area contributed by atoms with Gasteiger partial charge < -0.3 is 42.2 Å². The van der Waals surface area contributed by atoms with Gasteiger partial charge in [-0.2, -0.15) is 0 Å². The third kappa shape index (κ3) is 11.0. The first-order valence-electron chi connectivity index (χ1n) is 19.3. The summed E-state index contributed by atoms with van der Waals surface area (Å²) in [7, 11) is 0. The zero-order valence-electron chi connectivity index (χ0n) is 32.1. The zero-order valence-corrected chi connectivity index (χ0v) is 32.1. The Kier molecular flexibility index (Phi) is 14.8. The van der Waals surface area contributed by atoms with Crippen LogP contribution in [0.25, 0.3) is 10.9 Å². The highest BCUT2D eigenvalue weighted by Gasteiger charge is 2.41. The van der Waals surface area contributed by atoms with Crippen LogP contribution < -0.4 is 32.3 Å². The molecule has 292 valence electrons. The number of rotatable bonds is 11. The van der Waals surface area contributed by atoms with Gasteiger partial charge in [0, 0.05) is 30.1 Å². The smallest absolute Gasteiger partial charge is 0.245 e. The first-order chi connectivity index (χ1) is 25.2. The van der Waals surface area contributed by atoms with E-state index in [1.54, 1.807) is 20.0 Å². The van der Waals surface area contributed by atoms with E-state index in [1.165, 1.54) is 4.90 Å². The van der Waals surface area contributed by atoms with Gasteiger partial charge in [-0.3, -0.25) is 28.8 Å². The second kappa shape index (κ2) is 19.0. The number of unbranched alkanes of at least 4 members (excludes halogenated alkanes) is 1. The normalized spacial score (nSPS) is 25.5. The molecule has 3 heterocycles. The lowest BCUT2D eigenvalue weighted by atomic mass is 9.97. The molecule has 2 fully saturated rings. The number of carbonyl (C=O) groups excluding carboxylic acids is 6. The van der Waals surface area contributed by atoms with E-state index in [0.717, 1.165) is 16.5 Å². The summed E-state index contributed by atoms with van der Waals surface area (Å²) in [6.07, 6.45) is 4.89. The highest BCUT2D eigenvalue weighted by atomic mass is 16.2. The SMILES string of the molecule is CC(C)C[C@@H]1NC(=O)[C@H](Cc2c[nH]c3ccccc23)NC(=O)[C@H]2CCCN2C(=O)[C@H](CCCCN)NC(=O)[C@H](C(C)C)NC(=O)[C@@H](CC(C)C)NC1=O. The molecule has 0 bridgehead atoms. The molecule has 0 aliphatic carbocycles. The number of nitrogens with two attached hydrogens (primary N) is 1. The van der Waals surface area contributed by atoms with Crippen LogP contribution in [-0.4, -0.2) is 94.7 Å². The second-order valence-electron chi connectivity index (χ2n) is 15.8. The van der Waals surface area contributed by atoms with Crippen molar-refractivity contribution in [1.29, 1.82) is 0 Å². The minimum absolute atomic E-state index is 0.00194. The van der Waals surface area contributed by atoms with Crippen LogP contribution in [0.1, 0.15) is 92.1 Å². The summed E-state index contributed by atoms with van der Waals surface area (Å²) >= 11 is 0. The van der Waals surface area contributed by atoms with Crippen molar-refractivity contribution < 1.29 is 28.8 Å². The van der Waals surface area contributed by atoms with Crippen molar-refractivity contribution in [2.75, 3.05) is 13.1 Å². The van der Waals surface area contributed by atoms with E-state index >= 15 is 0 Å². The zero-order chi connectivity index (χ0) is 38.8. The number of amides is 6. The quantitative estimate of drug-likeness (QED) is 0.171. The molecule has 1 aromatic heterocycles. The van der Waals surface area contributed by atoms with Crippen LogP contribution in [0.3, 0.4) is 0 Å². The Morgan fingerprint density at radius 1 is 0.717 bits per heavy atom. The molecule has 4 rings (SSSR count). The molecule has 2 aliphatic rings. The molecule has 0 radical (unpaired) electrons. The Balaban J connectivity index is 1.77. The maximum Gasteiger partial charge on any atom is 0.245 e. The van der Waals surface area contributed by atoms with Gasteiger partial charge in [-0.1, -0.05) is 59.7 Å². The number of nitrogens with zero attached hydrogens (tertiary/aromatic N) is 1. The fourth-order valence-corrected chi connectivity index (χ4v) is 7.25. The number of benzene rings is 1. The van der Waals surface area contributed by atoms with E-state index in [4.69, 9.17) is 5.73 Å². The Morgan fingerprint density at radius 2 is 1.30 bits per heavy atom. The molecule has 6 atom stereocenters. The first-order valence-corrected chi connectivity index (χ1v) is 19.3. The van der Waals surface area contributed by atoms with E-state index in [1.807, 2.05) is 52.0 Å². The predicted molar refractivity (Wildman–Crippen MR) is 203 cm³/mol. The fraction of sp³-hybridized carbons (Fsp3) is 0.641. The molecule has 8 N–H and O–H groups in total. The van der Waals surface area contributed by atoms with Crippen molar-refractivity contribution in [3.63, 3.8) is 0 Å². The van der Waals surface area contributed by atoms with E-state index in [2.05, 4.69) is 31.6 Å². The van der Waals surface area contributed by atoms with Crippen LogP contribution >= 0.6 is 0 Å². The summed E-state index contributed by atoms with van der Waals surface area (Å²) in [6, 6.07) is 1.67. The van der Waals surface area contributed by atoms with Crippen molar-refractivity contribution in [1.82, 2.24) is 36.5 Å². The molecule has 0 saturated carbocycles. The summed E-state index contributed by atoms with van der Waals surface area (Å²) in [5.41, 5.74) is 7.42. The third-order valence-electron chi connectivity index (χ3n) is 10.1. The van der Waals surface area contributed by atoms with Crippen LogP contribution in [0.4, 0.5) is 0 Å². The Hall–Kier alpha value is -4.46. The summed E-state index contributed by atoms with van der Waals surface area (Å²) in [5, 5.41) is 15.3. The number of hydrogen-bond donors (Lipinski definition) is 7. The summed E-state index contributed by atoms with van der Waals surface area (Å²) < 4.78 is 0. The molecule has 0 unspecified atom stereocenters. The number of fused-ring (bicyclic) bond motifs is 2. The van der Waals surface area contributed by atoms with Gasteiger partial charge in [0.1, 0.15) is 36.3 Å². The number of aromatic amines is 1. The van der Waals surface area contributed by atoms with Gasteiger partial charge in [0.25, 0.3) is 0 Å². The van der Waals surface area contributed by atoms with Crippen LogP contribution in [-0.2, 0) is 35.2 Å². The van der Waals surface area contributed by atoms with E-state index < -0.39 is 71.7 Å². The van der Waals surface area contributed by atoms with Gasteiger partial charge in [0.15, 0.2) is 0 Å². The highest BCUT2D eigenvalue weighted by Crippen LogP contribution is 2.23. The predicted octanol–water partition coefficient (Wildman–Crippen LogP) is 2.02. The van der Waals surface area contributed by atoms with E-state index in [9.17, 15) is 28.8 Å². The fourth-order valence-electron chi connectivity index (χ4n) is 7.25. The summed E-state index contributed by atoms with van der Waals surface area (Å²) in [5.74, 6) is -3.41. The lowest BCUT2D eigenvalue weighted by Crippen LogP contribution is -2.62. The molecule has 53 heavy (non-hydrogen) atoms. The number of H-pyrrole nitrogens is 1. The van der Waals surface area contributed by atoms with Gasteiger partial charge in [-0.05, 0) is 80.9 Å². The topological polar surface area (TPSA) is 208 Å². The highest BCUT2D eigenvalue weighted by molar-refractivity contribution is 5.98. The van der Waals surface area contributed by atoms with Crippen molar-refractivity contribution in [2.45, 2.75) is 129 Å². The number of aromatic nitrogens is 1. The van der Waals surface area contributed by atoms with Gasteiger partial charge in [0.05, 0.1) is 0 Å². The second-order valence-corrected chi connectivity index (χ2v) is 15.8. The van der Waals surface area contributed by atoms with Crippen molar-refractivity contribution in [2.24, 2.45) is 23.5 Å². The average molecular weight is 737 g/mol. The van der Waals surface area contributed by atoms with E-state index in [-0.39, 0.29) is 37.0 Å². The first kappa shape index (κ1) is 41.3. The van der Waals surface area contributed by atoms with Crippen LogP contribution in [0, 0.1) is 17.8 Å². The lowest BCUT2D eigenvalue weighted by molar-refractivity contribution is -0.143. The molecular formula is C39H60N8O6. The molecule has 6 amide bonds. The largest absolute Gasteiger partial charge is 0.361 e.